The van der Waals surface area contributed by atoms with Gasteiger partial charge in [0.25, 0.3) is 0 Å². The highest BCUT2D eigenvalue weighted by Gasteiger charge is 2.45. The maximum atomic E-state index is 12.7. The number of benzene rings is 1. The van der Waals surface area contributed by atoms with Gasteiger partial charge >= 0.3 is 6.09 Å². The lowest BCUT2D eigenvalue weighted by molar-refractivity contribution is 0.0283. The summed E-state index contributed by atoms with van der Waals surface area (Å²) in [5.41, 5.74) is 0.505. The summed E-state index contributed by atoms with van der Waals surface area (Å²) in [5, 5.41) is 4.06. The zero-order valence-electron chi connectivity index (χ0n) is 18.9. The van der Waals surface area contributed by atoms with E-state index in [1.807, 2.05) is 63.0 Å². The van der Waals surface area contributed by atoms with Crippen molar-refractivity contribution in [2.24, 2.45) is 11.8 Å². The van der Waals surface area contributed by atoms with E-state index in [2.05, 4.69) is 19.2 Å². The lowest BCUT2D eigenvalue weighted by Gasteiger charge is -2.38. The van der Waals surface area contributed by atoms with Crippen molar-refractivity contribution in [3.8, 4) is 0 Å². The van der Waals surface area contributed by atoms with E-state index in [9.17, 15) is 9.59 Å². The number of nitrogens with one attached hydrogen (secondary N) is 1. The Hall–Kier alpha value is -1.24. The van der Waals surface area contributed by atoms with Crippen LogP contribution >= 0.6 is 11.6 Å². The van der Waals surface area contributed by atoms with Gasteiger partial charge in [-0.2, -0.15) is 0 Å². The van der Waals surface area contributed by atoms with Crippen LogP contribution in [0.2, 0.25) is 23.2 Å². The van der Waals surface area contributed by atoms with Gasteiger partial charge < -0.3 is 19.7 Å². The van der Waals surface area contributed by atoms with E-state index in [0.29, 0.717) is 24.0 Å². The van der Waals surface area contributed by atoms with Crippen LogP contribution in [0.3, 0.4) is 0 Å². The summed E-state index contributed by atoms with van der Waals surface area (Å²) in [4.78, 5) is 25.2. The number of likely N-dealkylation sites (tertiary alicyclic amines) is 1. The van der Waals surface area contributed by atoms with Gasteiger partial charge in [-0.1, -0.05) is 25.4 Å². The van der Waals surface area contributed by atoms with Crippen molar-refractivity contribution in [2.75, 3.05) is 25.0 Å². The third-order valence-electron chi connectivity index (χ3n) is 6.07. The monoisotopic (exact) mass is 440 g/mol. The van der Waals surface area contributed by atoms with Gasteiger partial charge in [-0.15, -0.1) is 0 Å². The Labute approximate surface area is 181 Å². The van der Waals surface area contributed by atoms with Gasteiger partial charge in [0.15, 0.2) is 8.32 Å². The van der Waals surface area contributed by atoms with E-state index >= 15 is 0 Å². The van der Waals surface area contributed by atoms with Crippen LogP contribution in [0.25, 0.3) is 0 Å². The first-order chi connectivity index (χ1) is 13.2. The fourth-order valence-electron chi connectivity index (χ4n) is 3.60. The maximum absolute atomic E-state index is 12.7. The van der Waals surface area contributed by atoms with Crippen molar-refractivity contribution < 1.29 is 14.3 Å². The molecule has 2 N–H and O–H groups in total. The molecule has 7 heteroatoms. The molecule has 0 saturated carbocycles. The van der Waals surface area contributed by atoms with Crippen LogP contribution in [-0.4, -0.2) is 49.3 Å². The van der Waals surface area contributed by atoms with E-state index in [-0.39, 0.29) is 17.0 Å². The predicted molar refractivity (Wildman–Crippen MR) is 123 cm³/mol. The fourth-order valence-corrected chi connectivity index (χ4v) is 4.49. The molecule has 1 aliphatic rings. The summed E-state index contributed by atoms with van der Waals surface area (Å²) >= 11 is 5.98. The molecule has 1 aromatic carbocycles. The highest BCUT2D eigenvalue weighted by atomic mass is 35.5. The number of carbonyl (C=O) groups is 1. The fraction of sp³-hybridized carbons (Fsp3) is 0.682. The third kappa shape index (κ3) is 6.90. The SMILES string of the molecule is CC(C)(C)OC(=O)N1C[C@@H](CNc2ccc(Cl)cc2)[C@@H](CC(C)(C)[Si](C)(C)O)C1. The van der Waals surface area contributed by atoms with E-state index in [4.69, 9.17) is 16.3 Å². The van der Waals surface area contributed by atoms with E-state index in [1.165, 1.54) is 0 Å². The van der Waals surface area contributed by atoms with Crippen molar-refractivity contribution in [3.63, 3.8) is 0 Å². The Morgan fingerprint density at radius 1 is 1.17 bits per heavy atom. The Morgan fingerprint density at radius 2 is 1.72 bits per heavy atom. The summed E-state index contributed by atoms with van der Waals surface area (Å²) in [7, 11) is -2.33. The first-order valence-electron chi connectivity index (χ1n) is 10.4. The largest absolute Gasteiger partial charge is 0.444 e. The number of hydrogen-bond acceptors (Lipinski definition) is 4. The van der Waals surface area contributed by atoms with Gasteiger partial charge in [0.1, 0.15) is 5.60 Å². The van der Waals surface area contributed by atoms with Gasteiger partial charge in [0.2, 0.25) is 0 Å². The molecule has 0 unspecified atom stereocenters. The van der Waals surface area contributed by atoms with Crippen molar-refractivity contribution in [1.82, 2.24) is 4.90 Å². The molecule has 1 fully saturated rings. The molecule has 2 rings (SSSR count). The number of nitrogens with zero attached hydrogens (tertiary/aromatic N) is 1. The zero-order chi connectivity index (χ0) is 22.0. The average Bonchev–Trinajstić information content (AvgIpc) is 2.94. The smallest absolute Gasteiger partial charge is 0.410 e. The second kappa shape index (κ2) is 8.86. The molecule has 1 amide bonds. The van der Waals surface area contributed by atoms with Crippen LogP contribution in [0.5, 0.6) is 0 Å². The lowest BCUT2D eigenvalue weighted by atomic mass is 9.87. The Morgan fingerprint density at radius 3 is 2.24 bits per heavy atom. The molecule has 164 valence electrons. The molecule has 0 spiro atoms. The summed E-state index contributed by atoms with van der Waals surface area (Å²) in [6, 6.07) is 7.66. The molecule has 1 aromatic rings. The summed E-state index contributed by atoms with van der Waals surface area (Å²) in [5.74, 6) is 0.588. The van der Waals surface area contributed by atoms with Crippen LogP contribution in [0, 0.1) is 11.8 Å². The maximum Gasteiger partial charge on any atom is 0.410 e. The summed E-state index contributed by atoms with van der Waals surface area (Å²) < 4.78 is 5.60. The highest BCUT2D eigenvalue weighted by Crippen LogP contribution is 2.45. The van der Waals surface area contributed by atoms with Gasteiger partial charge in [0.05, 0.1) is 0 Å². The highest BCUT2D eigenvalue weighted by molar-refractivity contribution is 6.72. The molecular weight excluding hydrogens is 404 g/mol. The second-order valence-electron chi connectivity index (χ2n) is 10.4. The molecule has 29 heavy (non-hydrogen) atoms. The molecule has 0 aliphatic carbocycles. The topological polar surface area (TPSA) is 61.8 Å². The minimum absolute atomic E-state index is 0.139. The van der Waals surface area contributed by atoms with E-state index in [1.54, 1.807) is 0 Å². The molecule has 1 aliphatic heterocycles. The van der Waals surface area contributed by atoms with Gasteiger partial charge in [0, 0.05) is 30.3 Å². The standard InChI is InChI=1S/C22H37ClN2O3Si/c1-21(2,3)28-20(26)25-14-16(12-22(4,5)29(6,7)27)17(15-25)13-24-19-10-8-18(23)9-11-19/h8-11,16-17,24,27H,12-15H2,1-7H3/t16-,17+/m0/s1. The molecule has 0 bridgehead atoms. The Bertz CT molecular complexity index is 695. The van der Waals surface area contributed by atoms with Crippen molar-refractivity contribution in [2.45, 2.75) is 64.8 Å². The summed E-state index contributed by atoms with van der Waals surface area (Å²) in [6.45, 7) is 16.0. The van der Waals surface area contributed by atoms with Crippen LogP contribution in [0.1, 0.15) is 41.0 Å². The normalized spacial score (nSPS) is 20.7. The van der Waals surface area contributed by atoms with Crippen molar-refractivity contribution in [1.29, 1.82) is 0 Å². The predicted octanol–water partition coefficient (Wildman–Crippen LogP) is 5.60. The van der Waals surface area contributed by atoms with Gasteiger partial charge in [-0.25, -0.2) is 4.79 Å². The quantitative estimate of drug-likeness (QED) is 0.565. The van der Waals surface area contributed by atoms with E-state index in [0.717, 1.165) is 18.7 Å². The number of anilines is 1. The van der Waals surface area contributed by atoms with Crippen LogP contribution in [0.15, 0.2) is 24.3 Å². The number of amides is 1. The van der Waals surface area contributed by atoms with Gasteiger partial charge in [-0.05, 0) is 81.4 Å². The second-order valence-corrected chi connectivity index (χ2v) is 15.3. The van der Waals surface area contributed by atoms with Crippen molar-refractivity contribution in [3.05, 3.63) is 29.3 Å². The molecule has 1 heterocycles. The Kier molecular flexibility index (Phi) is 7.34. The van der Waals surface area contributed by atoms with Crippen LogP contribution < -0.4 is 5.32 Å². The zero-order valence-corrected chi connectivity index (χ0v) is 20.6. The molecule has 0 radical (unpaired) electrons. The first-order valence-corrected chi connectivity index (χ1v) is 13.7. The number of rotatable bonds is 6. The minimum Gasteiger partial charge on any atom is -0.444 e. The molecule has 0 aromatic heterocycles. The third-order valence-corrected chi connectivity index (χ3v) is 9.84. The molecule has 5 nitrogen and oxygen atoms in total. The summed E-state index contributed by atoms with van der Waals surface area (Å²) in [6.07, 6.45) is 0.629. The number of carbonyl (C=O) groups excluding carboxylic acids is 1. The Balaban J connectivity index is 2.12. The van der Waals surface area contributed by atoms with Gasteiger partial charge in [-0.3, -0.25) is 0 Å². The number of ether oxygens (including phenoxy) is 1. The van der Waals surface area contributed by atoms with Crippen LogP contribution in [-0.2, 0) is 4.74 Å². The first kappa shape index (κ1) is 24.0. The lowest BCUT2D eigenvalue weighted by Crippen LogP contribution is -2.41. The molecule has 2 atom stereocenters. The average molecular weight is 441 g/mol. The number of halogens is 1. The minimum atomic E-state index is -2.33. The molecule has 1 saturated heterocycles. The number of hydrogen-bond donors (Lipinski definition) is 2. The van der Waals surface area contributed by atoms with Crippen LogP contribution in [0.4, 0.5) is 10.5 Å². The van der Waals surface area contributed by atoms with Crippen molar-refractivity contribution >= 4 is 31.7 Å². The van der Waals surface area contributed by atoms with E-state index < -0.39 is 13.9 Å². The molecular formula is C22H37ClN2O3Si.